The van der Waals surface area contributed by atoms with Crippen molar-refractivity contribution in [3.05, 3.63) is 31.7 Å². The molecule has 2 nitrogen and oxygen atoms in total. The third kappa shape index (κ3) is 5.82. The molecule has 0 aromatic rings. The van der Waals surface area contributed by atoms with Crippen molar-refractivity contribution in [2.75, 3.05) is 0 Å². The van der Waals surface area contributed by atoms with Crippen molar-refractivity contribution in [1.82, 2.24) is 0 Å². The molecule has 0 amide bonds. The molecule has 10 heavy (non-hydrogen) atoms. The Bertz CT molecular complexity index is 91.8. The fourth-order valence-electron chi connectivity index (χ4n) is 0.414. The number of rotatable bonds is 4. The van der Waals surface area contributed by atoms with Crippen LogP contribution in [0, 0.1) is 6.42 Å². The number of nitrogens with two attached hydrogens (primary N) is 2. The summed E-state index contributed by atoms with van der Waals surface area (Å²) in [5, 5.41) is 0. The van der Waals surface area contributed by atoms with E-state index in [0.29, 0.717) is 0 Å². The Morgan fingerprint density at radius 3 is 1.50 bits per heavy atom. The minimum absolute atomic E-state index is 0. The van der Waals surface area contributed by atoms with E-state index in [1.54, 1.807) is 18.6 Å². The van der Waals surface area contributed by atoms with Gasteiger partial charge in [0.25, 0.3) is 0 Å². The van der Waals surface area contributed by atoms with Gasteiger partial charge in [0.15, 0.2) is 0 Å². The molecule has 2 unspecified atom stereocenters. The van der Waals surface area contributed by atoms with Gasteiger partial charge in [-0.05, 0) is 0 Å². The lowest BCUT2D eigenvalue weighted by atomic mass is 10.1. The van der Waals surface area contributed by atoms with Crippen molar-refractivity contribution in [1.29, 1.82) is 0 Å². The van der Waals surface area contributed by atoms with Crippen LogP contribution in [0.4, 0.5) is 0 Å². The summed E-state index contributed by atoms with van der Waals surface area (Å²) >= 11 is 0. The maximum absolute atomic E-state index is 5.45. The molecule has 0 aliphatic rings. The second-order valence-electron chi connectivity index (χ2n) is 1.82. The van der Waals surface area contributed by atoms with E-state index in [0.717, 1.165) is 0 Å². The Morgan fingerprint density at radius 1 is 1.00 bits per heavy atom. The number of halogens is 1. The highest BCUT2D eigenvalue weighted by molar-refractivity contribution is 5.85. The molecule has 4 N–H and O–H groups in total. The van der Waals surface area contributed by atoms with Crippen LogP contribution < -0.4 is 11.5 Å². The summed E-state index contributed by atoms with van der Waals surface area (Å²) in [6, 6.07) is -0.254. The minimum atomic E-state index is -0.127. The maximum atomic E-state index is 5.45. The van der Waals surface area contributed by atoms with Gasteiger partial charge in [0.1, 0.15) is 0 Å². The Hall–Kier alpha value is -0.310. The zero-order valence-electron chi connectivity index (χ0n) is 5.86. The zero-order valence-corrected chi connectivity index (χ0v) is 6.68. The van der Waals surface area contributed by atoms with Crippen molar-refractivity contribution in [3.8, 4) is 0 Å². The molecule has 0 aromatic heterocycles. The van der Waals surface area contributed by atoms with Crippen LogP contribution in [0.25, 0.3) is 0 Å². The highest BCUT2D eigenvalue weighted by Crippen LogP contribution is 1.91. The Morgan fingerprint density at radius 2 is 1.30 bits per heavy atom. The van der Waals surface area contributed by atoms with Gasteiger partial charge >= 0.3 is 0 Å². The van der Waals surface area contributed by atoms with E-state index >= 15 is 0 Å². The fraction of sp³-hybridized carbons (Fsp3) is 0.286. The molecule has 0 spiro atoms. The van der Waals surface area contributed by atoms with Crippen LogP contribution in [0.1, 0.15) is 0 Å². The molecule has 0 bridgehead atoms. The van der Waals surface area contributed by atoms with Gasteiger partial charge in [0.2, 0.25) is 0 Å². The molecule has 59 valence electrons. The molecule has 0 aliphatic heterocycles. The van der Waals surface area contributed by atoms with E-state index in [4.69, 9.17) is 11.5 Å². The minimum Gasteiger partial charge on any atom is -0.324 e. The first kappa shape index (κ1) is 12.4. The SMILES string of the molecule is C=CC(N)[CH]C(N)C=C.Cl. The van der Waals surface area contributed by atoms with Crippen molar-refractivity contribution in [2.24, 2.45) is 11.5 Å². The van der Waals surface area contributed by atoms with Gasteiger partial charge in [-0.3, -0.25) is 0 Å². The van der Waals surface area contributed by atoms with Gasteiger partial charge in [-0.25, -0.2) is 0 Å². The zero-order chi connectivity index (χ0) is 7.28. The summed E-state index contributed by atoms with van der Waals surface area (Å²) in [5.41, 5.74) is 10.9. The van der Waals surface area contributed by atoms with Crippen LogP contribution in [0.2, 0.25) is 0 Å². The summed E-state index contributed by atoms with van der Waals surface area (Å²) in [5.74, 6) is 0. The molecule has 2 atom stereocenters. The average molecular weight is 162 g/mol. The van der Waals surface area contributed by atoms with Gasteiger partial charge in [-0.2, -0.15) is 0 Å². The Labute approximate surface area is 68.4 Å². The smallest absolute Gasteiger partial charge is 0.0271 e. The quantitative estimate of drug-likeness (QED) is 0.595. The topological polar surface area (TPSA) is 52.0 Å². The molecule has 0 saturated heterocycles. The first-order valence-electron chi connectivity index (χ1n) is 2.82. The molecule has 1 radical (unpaired) electrons. The van der Waals surface area contributed by atoms with Crippen LogP contribution in [0.15, 0.2) is 25.3 Å². The van der Waals surface area contributed by atoms with Crippen molar-refractivity contribution in [3.63, 3.8) is 0 Å². The molecular formula is C7H14ClN2. The number of hydrogen-bond donors (Lipinski definition) is 2. The standard InChI is InChI=1S/C7H13N2.ClH/c1-3-6(8)5-7(9)4-2;/h3-7H,1-2,8-9H2;1H. The summed E-state index contributed by atoms with van der Waals surface area (Å²) < 4.78 is 0. The van der Waals surface area contributed by atoms with Crippen LogP contribution in [-0.4, -0.2) is 12.1 Å². The summed E-state index contributed by atoms with van der Waals surface area (Å²) in [4.78, 5) is 0. The monoisotopic (exact) mass is 161 g/mol. The largest absolute Gasteiger partial charge is 0.324 e. The van der Waals surface area contributed by atoms with Crippen LogP contribution in [0.3, 0.4) is 0 Å². The van der Waals surface area contributed by atoms with E-state index in [2.05, 4.69) is 13.2 Å². The highest BCUT2D eigenvalue weighted by Gasteiger charge is 2.01. The molecule has 0 heterocycles. The second-order valence-corrected chi connectivity index (χ2v) is 1.82. The van der Waals surface area contributed by atoms with E-state index in [1.165, 1.54) is 0 Å². The first-order valence-corrected chi connectivity index (χ1v) is 2.82. The van der Waals surface area contributed by atoms with Gasteiger partial charge in [0, 0.05) is 18.5 Å². The molecule has 0 fully saturated rings. The Balaban J connectivity index is 0. The Kier molecular flexibility index (Phi) is 8.42. The van der Waals surface area contributed by atoms with E-state index in [-0.39, 0.29) is 24.5 Å². The average Bonchev–Trinajstić information content (AvgIpc) is 1.87. The maximum Gasteiger partial charge on any atom is 0.0271 e. The van der Waals surface area contributed by atoms with Crippen LogP contribution >= 0.6 is 12.4 Å². The fourth-order valence-corrected chi connectivity index (χ4v) is 0.414. The molecule has 0 aliphatic carbocycles. The molecule has 0 rings (SSSR count). The van der Waals surface area contributed by atoms with E-state index in [1.807, 2.05) is 0 Å². The molecule has 3 heteroatoms. The van der Waals surface area contributed by atoms with E-state index in [9.17, 15) is 0 Å². The van der Waals surface area contributed by atoms with Crippen LogP contribution in [0.5, 0.6) is 0 Å². The summed E-state index contributed by atoms with van der Waals surface area (Å²) in [6.07, 6.45) is 5.02. The lowest BCUT2D eigenvalue weighted by Crippen LogP contribution is -2.28. The predicted octanol–water partition coefficient (Wildman–Crippen LogP) is 0.639. The summed E-state index contributed by atoms with van der Waals surface area (Å²) in [7, 11) is 0. The predicted molar refractivity (Wildman–Crippen MR) is 47.9 cm³/mol. The molecule has 0 aromatic carbocycles. The second kappa shape index (κ2) is 6.81. The number of hydrogen-bond acceptors (Lipinski definition) is 2. The van der Waals surface area contributed by atoms with Crippen molar-refractivity contribution in [2.45, 2.75) is 12.1 Å². The van der Waals surface area contributed by atoms with E-state index < -0.39 is 0 Å². The van der Waals surface area contributed by atoms with Gasteiger partial charge in [-0.15, -0.1) is 25.6 Å². The van der Waals surface area contributed by atoms with Gasteiger partial charge < -0.3 is 11.5 Å². The summed E-state index contributed by atoms with van der Waals surface area (Å²) in [6.45, 7) is 7.00. The molecular weight excluding hydrogens is 148 g/mol. The molecule has 0 saturated carbocycles. The third-order valence-electron chi connectivity index (χ3n) is 0.989. The first-order chi connectivity index (χ1) is 4.20. The van der Waals surface area contributed by atoms with Gasteiger partial charge in [-0.1, -0.05) is 12.2 Å². The van der Waals surface area contributed by atoms with Crippen LogP contribution in [-0.2, 0) is 0 Å². The van der Waals surface area contributed by atoms with Gasteiger partial charge in [0.05, 0.1) is 0 Å². The lowest BCUT2D eigenvalue weighted by Gasteiger charge is -2.08. The van der Waals surface area contributed by atoms with Crippen molar-refractivity contribution >= 4 is 12.4 Å². The third-order valence-corrected chi connectivity index (χ3v) is 0.989. The normalized spacial score (nSPS) is 14.6. The highest BCUT2D eigenvalue weighted by atomic mass is 35.5. The van der Waals surface area contributed by atoms with Crippen molar-refractivity contribution < 1.29 is 0 Å². The lowest BCUT2D eigenvalue weighted by molar-refractivity contribution is 0.818.